The second-order valence-electron chi connectivity index (χ2n) is 8.44. The highest BCUT2D eigenvalue weighted by Crippen LogP contribution is 2.40. The van der Waals surface area contributed by atoms with Crippen LogP contribution in [-0.2, 0) is 33.3 Å². The number of thioether (sulfide) groups is 1. The van der Waals surface area contributed by atoms with E-state index < -0.39 is 59.5 Å². The third-order valence-electron chi connectivity index (χ3n) is 5.79. The number of carbonyl (C=O) groups is 5. The summed E-state index contributed by atoms with van der Waals surface area (Å²) >= 11 is 1.19. The normalized spacial score (nSPS) is 24.8. The number of nitrogens with zero attached hydrogens (tertiary/aromatic N) is 1. The monoisotopic (exact) mass is 527 g/mol. The molecule has 2 amide bonds. The van der Waals surface area contributed by atoms with Gasteiger partial charge < -0.3 is 18.9 Å². The van der Waals surface area contributed by atoms with Gasteiger partial charge in [0.1, 0.15) is 24.2 Å². The number of benzene rings is 2. The van der Waals surface area contributed by atoms with Crippen molar-refractivity contribution in [2.45, 2.75) is 55.5 Å². The van der Waals surface area contributed by atoms with Crippen LogP contribution in [-0.4, -0.2) is 71.0 Å². The van der Waals surface area contributed by atoms with Gasteiger partial charge in [-0.15, -0.1) is 0 Å². The summed E-state index contributed by atoms with van der Waals surface area (Å²) in [7, 11) is 0. The van der Waals surface area contributed by atoms with Crippen molar-refractivity contribution < 1.29 is 42.9 Å². The number of rotatable bonds is 7. The summed E-state index contributed by atoms with van der Waals surface area (Å²) in [5.41, 5.74) is -0.607. The molecule has 2 heterocycles. The smallest absolute Gasteiger partial charge is 0.303 e. The Morgan fingerprint density at radius 1 is 0.811 bits per heavy atom. The van der Waals surface area contributed by atoms with E-state index in [1.807, 2.05) is 30.3 Å². The molecule has 5 atom stereocenters. The van der Waals surface area contributed by atoms with Crippen molar-refractivity contribution in [2.24, 2.45) is 0 Å². The Bertz CT molecular complexity index is 1180. The Morgan fingerprint density at radius 3 is 1.89 bits per heavy atom. The van der Waals surface area contributed by atoms with Gasteiger partial charge in [0.2, 0.25) is 0 Å². The zero-order valence-electron chi connectivity index (χ0n) is 20.3. The minimum atomic E-state index is -1.30. The van der Waals surface area contributed by atoms with Crippen molar-refractivity contribution in [3.8, 4) is 0 Å². The number of imide groups is 1. The molecule has 0 aliphatic carbocycles. The van der Waals surface area contributed by atoms with Crippen LogP contribution in [0.1, 0.15) is 41.5 Å². The Morgan fingerprint density at radius 2 is 1.35 bits per heavy atom. The highest BCUT2D eigenvalue weighted by atomic mass is 32.2. The first kappa shape index (κ1) is 26.4. The fraction of sp³-hybridized carbons (Fsp3) is 0.346. The van der Waals surface area contributed by atoms with E-state index in [9.17, 15) is 24.0 Å². The maximum absolute atomic E-state index is 13.5. The summed E-state index contributed by atoms with van der Waals surface area (Å²) in [5.74, 6) is -3.27. The lowest BCUT2D eigenvalue weighted by Gasteiger charge is -2.47. The Balaban J connectivity index is 1.82. The summed E-state index contributed by atoms with van der Waals surface area (Å²) in [4.78, 5) is 64.7. The van der Waals surface area contributed by atoms with Gasteiger partial charge in [0.05, 0.1) is 11.1 Å². The Kier molecular flexibility index (Phi) is 7.94. The van der Waals surface area contributed by atoms with Gasteiger partial charge in [0.25, 0.3) is 11.8 Å². The Labute approximate surface area is 217 Å². The predicted molar refractivity (Wildman–Crippen MR) is 129 cm³/mol. The molecule has 0 spiro atoms. The van der Waals surface area contributed by atoms with Crippen LogP contribution in [0.2, 0.25) is 0 Å². The lowest BCUT2D eigenvalue weighted by Crippen LogP contribution is -2.67. The van der Waals surface area contributed by atoms with Crippen LogP contribution in [0.25, 0.3) is 0 Å². The van der Waals surface area contributed by atoms with Crippen LogP contribution >= 0.6 is 11.8 Å². The summed E-state index contributed by atoms with van der Waals surface area (Å²) in [6, 6.07) is 14.1. The number of amides is 2. The SMILES string of the molecule is CC(=O)OC[C@H]1O[C@H](Sc2ccccc2)[C@@H](OC(C)=O)[C@@H](N2C(=O)c3ccccc3C2=O)[C@@H]1OC(C)=O. The van der Waals surface area contributed by atoms with Gasteiger partial charge in [-0.1, -0.05) is 42.1 Å². The first-order valence-corrected chi connectivity index (χ1v) is 12.4. The van der Waals surface area contributed by atoms with E-state index in [0.717, 1.165) is 16.7 Å². The topological polar surface area (TPSA) is 126 Å². The van der Waals surface area contributed by atoms with Crippen LogP contribution < -0.4 is 0 Å². The van der Waals surface area contributed by atoms with Crippen molar-refractivity contribution in [3.05, 3.63) is 65.7 Å². The second-order valence-corrected chi connectivity index (χ2v) is 9.61. The minimum absolute atomic E-state index is 0.172. The summed E-state index contributed by atoms with van der Waals surface area (Å²) in [5, 5.41) is 0. The minimum Gasteiger partial charge on any atom is -0.463 e. The van der Waals surface area contributed by atoms with Gasteiger partial charge in [-0.05, 0) is 24.3 Å². The molecule has 10 nitrogen and oxygen atoms in total. The quantitative estimate of drug-likeness (QED) is 0.301. The molecule has 0 saturated carbocycles. The molecule has 37 heavy (non-hydrogen) atoms. The highest BCUT2D eigenvalue weighted by Gasteiger charge is 2.57. The zero-order valence-corrected chi connectivity index (χ0v) is 21.1. The van der Waals surface area contributed by atoms with E-state index in [1.54, 1.807) is 12.1 Å². The largest absolute Gasteiger partial charge is 0.463 e. The van der Waals surface area contributed by atoms with E-state index in [0.29, 0.717) is 0 Å². The van der Waals surface area contributed by atoms with E-state index in [-0.39, 0.29) is 17.7 Å². The molecular weight excluding hydrogens is 502 g/mol. The molecule has 4 rings (SSSR count). The van der Waals surface area contributed by atoms with E-state index in [2.05, 4.69) is 0 Å². The maximum atomic E-state index is 13.5. The van der Waals surface area contributed by atoms with Crippen LogP contribution in [0.3, 0.4) is 0 Å². The second kappa shape index (κ2) is 11.1. The number of hydrogen-bond acceptors (Lipinski definition) is 10. The van der Waals surface area contributed by atoms with Crippen LogP contribution in [0, 0.1) is 0 Å². The fourth-order valence-electron chi connectivity index (χ4n) is 4.38. The van der Waals surface area contributed by atoms with E-state index in [1.165, 1.54) is 37.7 Å². The van der Waals surface area contributed by atoms with E-state index in [4.69, 9.17) is 18.9 Å². The molecule has 0 unspecified atom stereocenters. The van der Waals surface area contributed by atoms with Crippen molar-refractivity contribution in [1.82, 2.24) is 4.90 Å². The first-order valence-electron chi connectivity index (χ1n) is 11.5. The number of fused-ring (bicyclic) bond motifs is 1. The molecule has 11 heteroatoms. The van der Waals surface area contributed by atoms with Crippen molar-refractivity contribution in [2.75, 3.05) is 6.61 Å². The van der Waals surface area contributed by atoms with Gasteiger partial charge in [-0.3, -0.25) is 28.9 Å². The number of carbonyl (C=O) groups excluding carboxylic acids is 5. The average Bonchev–Trinajstić information content (AvgIpc) is 3.10. The molecule has 0 radical (unpaired) electrons. The molecule has 1 fully saturated rings. The molecule has 1 saturated heterocycles. The molecule has 2 aliphatic heterocycles. The highest BCUT2D eigenvalue weighted by molar-refractivity contribution is 7.99. The lowest BCUT2D eigenvalue weighted by atomic mass is 9.94. The zero-order chi connectivity index (χ0) is 26.7. The Hall–Kier alpha value is -3.70. The van der Waals surface area contributed by atoms with Gasteiger partial charge >= 0.3 is 17.9 Å². The number of ether oxygens (including phenoxy) is 4. The van der Waals surface area contributed by atoms with Gasteiger partial charge in [0.15, 0.2) is 12.2 Å². The van der Waals surface area contributed by atoms with Crippen molar-refractivity contribution in [1.29, 1.82) is 0 Å². The number of esters is 3. The molecule has 2 aromatic carbocycles. The third kappa shape index (κ3) is 5.67. The molecule has 194 valence electrons. The van der Waals surface area contributed by atoms with Gasteiger partial charge in [-0.2, -0.15) is 0 Å². The van der Waals surface area contributed by atoms with Crippen molar-refractivity contribution >= 4 is 41.5 Å². The number of hydrogen-bond donors (Lipinski definition) is 0. The molecule has 2 aromatic rings. The van der Waals surface area contributed by atoms with Crippen molar-refractivity contribution in [3.63, 3.8) is 0 Å². The predicted octanol–water partition coefficient (Wildman–Crippen LogP) is 2.59. The average molecular weight is 528 g/mol. The molecule has 2 aliphatic rings. The molecule has 0 aromatic heterocycles. The summed E-state index contributed by atoms with van der Waals surface area (Å²) in [6.07, 6.45) is -3.59. The third-order valence-corrected chi connectivity index (χ3v) is 6.95. The van der Waals surface area contributed by atoms with Crippen LogP contribution in [0.15, 0.2) is 59.5 Å². The summed E-state index contributed by atoms with van der Waals surface area (Å²) < 4.78 is 22.6. The lowest BCUT2D eigenvalue weighted by molar-refractivity contribution is -0.211. The van der Waals surface area contributed by atoms with Gasteiger partial charge in [0, 0.05) is 25.7 Å². The first-order chi connectivity index (χ1) is 17.7. The van der Waals surface area contributed by atoms with Crippen LogP contribution in [0.4, 0.5) is 0 Å². The molecule has 0 bridgehead atoms. The standard InChI is InChI=1S/C26H25NO9S/c1-14(28)33-13-20-22(34-15(2)29)21(27-24(31)18-11-7-8-12-19(18)25(27)32)23(35-16(3)30)26(36-20)37-17-9-5-4-6-10-17/h4-12,20-23,26H,13H2,1-3H3/t20-,21+,22-,23+,26-/m1/s1. The molecular formula is C26H25NO9S. The summed E-state index contributed by atoms with van der Waals surface area (Å²) in [6.45, 7) is 3.23. The fourth-order valence-corrected chi connectivity index (χ4v) is 5.51. The maximum Gasteiger partial charge on any atom is 0.303 e. The van der Waals surface area contributed by atoms with Crippen LogP contribution in [0.5, 0.6) is 0 Å². The molecule has 0 N–H and O–H groups in total. The van der Waals surface area contributed by atoms with E-state index >= 15 is 0 Å². The van der Waals surface area contributed by atoms with Gasteiger partial charge in [-0.25, -0.2) is 0 Å².